The van der Waals surface area contributed by atoms with Crippen LogP contribution in [0, 0.1) is 11.8 Å². The van der Waals surface area contributed by atoms with Crippen LogP contribution in [0.3, 0.4) is 0 Å². The predicted molar refractivity (Wildman–Crippen MR) is 104 cm³/mol. The van der Waals surface area contributed by atoms with Gasteiger partial charge in [0.15, 0.2) is 10.0 Å². The first-order chi connectivity index (χ1) is 12.4. The number of nitrogens with zero attached hydrogens (tertiary/aromatic N) is 3. The van der Waals surface area contributed by atoms with E-state index in [1.165, 1.54) is 29.5 Å². The first kappa shape index (κ1) is 19.6. The van der Waals surface area contributed by atoms with Crippen molar-refractivity contribution in [2.75, 3.05) is 31.9 Å². The Balaban J connectivity index is 1.50. The maximum absolute atomic E-state index is 12.3. The van der Waals surface area contributed by atoms with Crippen LogP contribution in [0.2, 0.25) is 0 Å². The molecule has 3 rings (SSSR count). The van der Waals surface area contributed by atoms with Crippen molar-refractivity contribution < 1.29 is 14.7 Å². The third-order valence-corrected chi connectivity index (χ3v) is 7.13. The number of thiazole rings is 1. The van der Waals surface area contributed by atoms with Crippen LogP contribution in [0.25, 0.3) is 0 Å². The van der Waals surface area contributed by atoms with Gasteiger partial charge in [0.05, 0.1) is 0 Å². The molecule has 1 aromatic rings. The smallest absolute Gasteiger partial charge is 0.355 e. The first-order valence-electron chi connectivity index (χ1n) is 9.25. The summed E-state index contributed by atoms with van der Waals surface area (Å²) in [5.74, 6) is 1.47. The molecule has 0 spiro atoms. The Hall–Kier alpha value is -1.12. The molecule has 6 nitrogen and oxygen atoms in total. The van der Waals surface area contributed by atoms with Gasteiger partial charge in [-0.1, -0.05) is 25.6 Å². The van der Waals surface area contributed by atoms with Crippen molar-refractivity contribution in [1.82, 2.24) is 14.8 Å². The summed E-state index contributed by atoms with van der Waals surface area (Å²) in [7, 11) is 0. The largest absolute Gasteiger partial charge is 0.476 e. The van der Waals surface area contributed by atoms with Gasteiger partial charge in [-0.15, -0.1) is 11.3 Å². The van der Waals surface area contributed by atoms with Gasteiger partial charge in [0.2, 0.25) is 5.91 Å². The minimum absolute atomic E-state index is 0.0981. The zero-order valence-electron chi connectivity index (χ0n) is 15.4. The molecule has 144 valence electrons. The van der Waals surface area contributed by atoms with E-state index in [9.17, 15) is 9.59 Å². The molecule has 2 saturated heterocycles. The van der Waals surface area contributed by atoms with Crippen molar-refractivity contribution in [3.63, 3.8) is 0 Å². The molecular formula is C18H27N3O3S2. The van der Waals surface area contributed by atoms with Gasteiger partial charge in [0.1, 0.15) is 0 Å². The van der Waals surface area contributed by atoms with Gasteiger partial charge >= 0.3 is 5.97 Å². The molecule has 26 heavy (non-hydrogen) atoms. The summed E-state index contributed by atoms with van der Waals surface area (Å²) in [4.78, 5) is 31.8. The monoisotopic (exact) mass is 397 g/mol. The molecule has 3 unspecified atom stereocenters. The number of thioether (sulfide) groups is 1. The number of rotatable bonds is 7. The Morgan fingerprint density at radius 1 is 1.38 bits per heavy atom. The molecule has 3 atom stereocenters. The van der Waals surface area contributed by atoms with Crippen LogP contribution < -0.4 is 0 Å². The van der Waals surface area contributed by atoms with E-state index in [4.69, 9.17) is 5.11 Å². The highest BCUT2D eigenvalue weighted by Gasteiger charge is 2.33. The Kier molecular flexibility index (Phi) is 6.58. The molecule has 1 N–H and O–H groups in total. The fraction of sp³-hybridized carbons (Fsp3) is 0.722. The summed E-state index contributed by atoms with van der Waals surface area (Å²) in [6.45, 7) is 8.58. The van der Waals surface area contributed by atoms with E-state index in [1.54, 1.807) is 5.38 Å². The number of carboxylic acid groups (broad SMARTS) is 1. The van der Waals surface area contributed by atoms with Crippen molar-refractivity contribution in [3.8, 4) is 0 Å². The number of carbonyl (C=O) groups is 2. The Morgan fingerprint density at radius 3 is 2.77 bits per heavy atom. The summed E-state index contributed by atoms with van der Waals surface area (Å²) < 4.78 is 0.754. The minimum Gasteiger partial charge on any atom is -0.476 e. The zero-order valence-corrected chi connectivity index (χ0v) is 17.0. The van der Waals surface area contributed by atoms with E-state index < -0.39 is 5.97 Å². The number of piperidine rings is 1. The fourth-order valence-electron chi connectivity index (χ4n) is 4.18. The van der Waals surface area contributed by atoms with Crippen LogP contribution in [-0.4, -0.2) is 69.7 Å². The maximum atomic E-state index is 12.3. The van der Waals surface area contributed by atoms with Crippen molar-refractivity contribution in [2.45, 2.75) is 43.5 Å². The quantitative estimate of drug-likeness (QED) is 0.713. The van der Waals surface area contributed by atoms with Gasteiger partial charge in [-0.3, -0.25) is 4.79 Å². The average molecular weight is 398 g/mol. The molecule has 0 aliphatic carbocycles. The highest BCUT2D eigenvalue weighted by Crippen LogP contribution is 2.27. The summed E-state index contributed by atoms with van der Waals surface area (Å²) in [5, 5.41) is 10.5. The second-order valence-electron chi connectivity index (χ2n) is 7.60. The van der Waals surface area contributed by atoms with Crippen LogP contribution in [0.4, 0.5) is 0 Å². The normalized spacial score (nSPS) is 27.2. The molecule has 0 aromatic carbocycles. The van der Waals surface area contributed by atoms with Crippen molar-refractivity contribution in [2.24, 2.45) is 11.8 Å². The van der Waals surface area contributed by atoms with E-state index >= 15 is 0 Å². The standard InChI is InChI=1S/C18H27N3O3S2/c1-12-7-13(2)9-20(8-12)10-14-3-4-16(22)21(14)5-6-25-18-19-15(11-26-18)17(23)24/h11-14H,3-10H2,1-2H3,(H,23,24). The van der Waals surface area contributed by atoms with E-state index in [0.717, 1.165) is 48.0 Å². The minimum atomic E-state index is -0.993. The molecule has 0 bridgehead atoms. The lowest BCUT2D eigenvalue weighted by molar-refractivity contribution is -0.129. The van der Waals surface area contributed by atoms with E-state index in [0.29, 0.717) is 19.0 Å². The van der Waals surface area contributed by atoms with Gasteiger partial charge < -0.3 is 14.9 Å². The van der Waals surface area contributed by atoms with Crippen LogP contribution in [0.5, 0.6) is 0 Å². The number of likely N-dealkylation sites (tertiary alicyclic amines) is 2. The number of hydrogen-bond donors (Lipinski definition) is 1. The van der Waals surface area contributed by atoms with E-state index in [2.05, 4.69) is 23.7 Å². The van der Waals surface area contributed by atoms with Gasteiger partial charge in [0.25, 0.3) is 0 Å². The molecular weight excluding hydrogens is 370 g/mol. The maximum Gasteiger partial charge on any atom is 0.355 e. The molecule has 0 saturated carbocycles. The SMILES string of the molecule is CC1CC(C)CN(CC2CCC(=O)N2CCSc2nc(C(=O)O)cs2)C1. The summed E-state index contributed by atoms with van der Waals surface area (Å²) in [6.07, 6.45) is 2.89. The Labute approximate surface area is 163 Å². The van der Waals surface area contributed by atoms with Crippen molar-refractivity contribution in [1.29, 1.82) is 0 Å². The second-order valence-corrected chi connectivity index (χ2v) is 9.80. The fourth-order valence-corrected chi connectivity index (χ4v) is 5.99. The third kappa shape index (κ3) is 4.98. The molecule has 2 aliphatic heterocycles. The van der Waals surface area contributed by atoms with Gasteiger partial charge in [-0.2, -0.15) is 0 Å². The number of carboxylic acids is 1. The summed E-state index contributed by atoms with van der Waals surface area (Å²) in [6, 6.07) is 0.312. The van der Waals surface area contributed by atoms with Crippen LogP contribution in [0.15, 0.2) is 9.72 Å². The lowest BCUT2D eigenvalue weighted by Gasteiger charge is -2.38. The molecule has 1 amide bonds. The lowest BCUT2D eigenvalue weighted by Crippen LogP contribution is -2.47. The van der Waals surface area contributed by atoms with Gasteiger partial charge in [-0.05, 0) is 24.7 Å². The van der Waals surface area contributed by atoms with E-state index in [1.807, 2.05) is 4.90 Å². The topological polar surface area (TPSA) is 73.7 Å². The lowest BCUT2D eigenvalue weighted by atomic mass is 9.91. The predicted octanol–water partition coefficient (Wildman–Crippen LogP) is 2.90. The first-order valence-corrected chi connectivity index (χ1v) is 11.1. The Bertz CT molecular complexity index is 641. The van der Waals surface area contributed by atoms with E-state index in [-0.39, 0.29) is 11.6 Å². The number of aromatic carboxylic acids is 1. The number of carbonyl (C=O) groups excluding carboxylic acids is 1. The molecule has 0 radical (unpaired) electrons. The van der Waals surface area contributed by atoms with Crippen molar-refractivity contribution in [3.05, 3.63) is 11.1 Å². The van der Waals surface area contributed by atoms with Gasteiger partial charge in [0, 0.05) is 49.8 Å². The van der Waals surface area contributed by atoms with Crippen LogP contribution >= 0.6 is 23.1 Å². The summed E-state index contributed by atoms with van der Waals surface area (Å²) >= 11 is 2.88. The Morgan fingerprint density at radius 2 is 2.12 bits per heavy atom. The highest BCUT2D eigenvalue weighted by molar-refractivity contribution is 8.01. The molecule has 1 aromatic heterocycles. The number of hydrogen-bond acceptors (Lipinski definition) is 6. The van der Waals surface area contributed by atoms with Crippen molar-refractivity contribution >= 4 is 35.0 Å². The highest BCUT2D eigenvalue weighted by atomic mass is 32.2. The zero-order chi connectivity index (χ0) is 18.7. The summed E-state index contributed by atoms with van der Waals surface area (Å²) in [5.41, 5.74) is 0.0981. The number of amides is 1. The molecule has 8 heteroatoms. The third-order valence-electron chi connectivity index (χ3n) is 5.13. The number of aromatic nitrogens is 1. The molecule has 2 aliphatic rings. The van der Waals surface area contributed by atoms with Crippen LogP contribution in [-0.2, 0) is 4.79 Å². The van der Waals surface area contributed by atoms with Gasteiger partial charge in [-0.25, -0.2) is 9.78 Å². The molecule has 3 heterocycles. The second kappa shape index (κ2) is 8.71. The van der Waals surface area contributed by atoms with Crippen LogP contribution in [0.1, 0.15) is 43.6 Å². The average Bonchev–Trinajstić information content (AvgIpc) is 3.16. The molecule has 2 fully saturated rings.